The molecule has 3 rings (SSSR count). The third kappa shape index (κ3) is 3.26. The van der Waals surface area contributed by atoms with Gasteiger partial charge < -0.3 is 10.5 Å². The van der Waals surface area contributed by atoms with Crippen molar-refractivity contribution in [1.29, 1.82) is 0 Å². The van der Waals surface area contributed by atoms with E-state index < -0.39 is 12.0 Å². The van der Waals surface area contributed by atoms with Crippen LogP contribution in [-0.2, 0) is 14.3 Å². The number of rotatable bonds is 5. The zero-order chi connectivity index (χ0) is 18.0. The normalized spacial score (nSPS) is 20.0. The first kappa shape index (κ1) is 17.1. The molecular weight excluding hydrogens is 322 g/mol. The van der Waals surface area contributed by atoms with Gasteiger partial charge in [-0.3, -0.25) is 9.59 Å². The van der Waals surface area contributed by atoms with Gasteiger partial charge in [0.05, 0.1) is 6.61 Å². The molecule has 0 radical (unpaired) electrons. The molecule has 0 bridgehead atoms. The molecule has 1 aliphatic carbocycles. The molecule has 0 aromatic heterocycles. The standard InChI is InChI=1S/C18H21N3O4/c1-2-25-18(24)15-10-14(16(22)12-8-3-4-9-13(12)19)20-21(15)17(23)11-6-5-7-11/h3-4,8-9,11,15H,2,5-7,10,19H2,1H3. The van der Waals surface area contributed by atoms with E-state index in [2.05, 4.69) is 5.10 Å². The molecule has 1 unspecified atom stereocenters. The molecule has 2 aliphatic rings. The summed E-state index contributed by atoms with van der Waals surface area (Å²) >= 11 is 0. The summed E-state index contributed by atoms with van der Waals surface area (Å²) in [5, 5.41) is 5.33. The summed E-state index contributed by atoms with van der Waals surface area (Å²) in [5.74, 6) is -1.25. The van der Waals surface area contributed by atoms with Crippen LogP contribution in [0.5, 0.6) is 0 Å². The number of carbonyl (C=O) groups is 3. The number of nitrogen functional groups attached to an aromatic ring is 1. The molecule has 7 heteroatoms. The average molecular weight is 343 g/mol. The Balaban J connectivity index is 1.87. The first-order valence-electron chi connectivity index (χ1n) is 8.49. The van der Waals surface area contributed by atoms with E-state index in [-0.39, 0.29) is 36.3 Å². The maximum Gasteiger partial charge on any atom is 0.331 e. The number of esters is 1. The van der Waals surface area contributed by atoms with Crippen molar-refractivity contribution >= 4 is 29.1 Å². The Labute approximate surface area is 145 Å². The summed E-state index contributed by atoms with van der Waals surface area (Å²) in [6.45, 7) is 1.90. The van der Waals surface area contributed by atoms with Crippen LogP contribution in [-0.4, -0.2) is 41.0 Å². The van der Waals surface area contributed by atoms with Gasteiger partial charge in [0.25, 0.3) is 0 Å². The fourth-order valence-electron chi connectivity index (χ4n) is 2.97. The molecule has 2 N–H and O–H groups in total. The van der Waals surface area contributed by atoms with Crippen LogP contribution in [0.3, 0.4) is 0 Å². The molecule has 1 saturated carbocycles. The van der Waals surface area contributed by atoms with E-state index in [0.717, 1.165) is 24.3 Å². The van der Waals surface area contributed by atoms with Crippen LogP contribution >= 0.6 is 0 Å². The number of para-hydroxylation sites is 1. The molecule has 1 fully saturated rings. The van der Waals surface area contributed by atoms with Crippen LogP contribution in [0.25, 0.3) is 0 Å². The van der Waals surface area contributed by atoms with Crippen molar-refractivity contribution in [3.05, 3.63) is 29.8 Å². The number of amides is 1. The van der Waals surface area contributed by atoms with Crippen LogP contribution in [0.2, 0.25) is 0 Å². The van der Waals surface area contributed by atoms with E-state index in [1.54, 1.807) is 31.2 Å². The molecule has 0 saturated heterocycles. The molecular formula is C18H21N3O4. The van der Waals surface area contributed by atoms with Gasteiger partial charge in [0, 0.05) is 23.6 Å². The average Bonchev–Trinajstić information content (AvgIpc) is 2.98. The van der Waals surface area contributed by atoms with E-state index in [0.29, 0.717) is 11.3 Å². The van der Waals surface area contributed by atoms with Crippen LogP contribution in [0.15, 0.2) is 29.4 Å². The summed E-state index contributed by atoms with van der Waals surface area (Å²) in [5.41, 5.74) is 6.67. The second-order valence-electron chi connectivity index (χ2n) is 6.25. The zero-order valence-corrected chi connectivity index (χ0v) is 14.1. The minimum atomic E-state index is -0.878. The number of nitrogens with two attached hydrogens (primary N) is 1. The second-order valence-corrected chi connectivity index (χ2v) is 6.25. The number of hydrogen-bond donors (Lipinski definition) is 1. The third-order valence-electron chi connectivity index (χ3n) is 4.62. The highest BCUT2D eigenvalue weighted by Crippen LogP contribution is 2.31. The minimum Gasteiger partial charge on any atom is -0.464 e. The van der Waals surface area contributed by atoms with Gasteiger partial charge in [0.15, 0.2) is 6.04 Å². The smallest absolute Gasteiger partial charge is 0.331 e. The topological polar surface area (TPSA) is 102 Å². The summed E-state index contributed by atoms with van der Waals surface area (Å²) < 4.78 is 5.05. The van der Waals surface area contributed by atoms with Crippen molar-refractivity contribution in [3.63, 3.8) is 0 Å². The Morgan fingerprint density at radius 2 is 2.00 bits per heavy atom. The fourth-order valence-corrected chi connectivity index (χ4v) is 2.97. The largest absolute Gasteiger partial charge is 0.464 e. The third-order valence-corrected chi connectivity index (χ3v) is 4.62. The van der Waals surface area contributed by atoms with Gasteiger partial charge >= 0.3 is 5.97 Å². The first-order valence-corrected chi connectivity index (χ1v) is 8.49. The van der Waals surface area contributed by atoms with Crippen molar-refractivity contribution in [3.8, 4) is 0 Å². The number of anilines is 1. The summed E-state index contributed by atoms with van der Waals surface area (Å²) in [6, 6.07) is 5.80. The lowest BCUT2D eigenvalue weighted by atomic mass is 9.84. The van der Waals surface area contributed by atoms with Gasteiger partial charge in [-0.25, -0.2) is 9.80 Å². The van der Waals surface area contributed by atoms with Crippen molar-refractivity contribution in [1.82, 2.24) is 5.01 Å². The molecule has 7 nitrogen and oxygen atoms in total. The molecule has 25 heavy (non-hydrogen) atoms. The number of carbonyl (C=O) groups excluding carboxylic acids is 3. The van der Waals surface area contributed by atoms with E-state index in [4.69, 9.17) is 10.5 Å². The second kappa shape index (κ2) is 7.04. The van der Waals surface area contributed by atoms with Gasteiger partial charge in [-0.1, -0.05) is 18.6 Å². The van der Waals surface area contributed by atoms with Gasteiger partial charge in [0.1, 0.15) is 5.71 Å². The summed E-state index contributed by atoms with van der Waals surface area (Å²) in [7, 11) is 0. The molecule has 1 heterocycles. The van der Waals surface area contributed by atoms with Crippen molar-refractivity contribution in [2.75, 3.05) is 12.3 Å². The van der Waals surface area contributed by atoms with E-state index in [1.165, 1.54) is 0 Å². The highest BCUT2D eigenvalue weighted by atomic mass is 16.5. The number of benzene rings is 1. The summed E-state index contributed by atoms with van der Waals surface area (Å²) in [6.07, 6.45) is 2.61. The van der Waals surface area contributed by atoms with Crippen molar-refractivity contribution in [2.24, 2.45) is 11.0 Å². The number of Topliss-reactive ketones (excluding diaryl/α,β-unsaturated/α-hetero) is 1. The highest BCUT2D eigenvalue weighted by molar-refractivity contribution is 6.47. The molecule has 1 aromatic rings. The summed E-state index contributed by atoms with van der Waals surface area (Å²) in [4.78, 5) is 37.5. The lowest BCUT2D eigenvalue weighted by Crippen LogP contribution is -2.44. The van der Waals surface area contributed by atoms with Gasteiger partial charge in [0.2, 0.25) is 11.7 Å². The van der Waals surface area contributed by atoms with Crippen LogP contribution in [0.4, 0.5) is 5.69 Å². The highest BCUT2D eigenvalue weighted by Gasteiger charge is 2.43. The van der Waals surface area contributed by atoms with Crippen LogP contribution in [0, 0.1) is 5.92 Å². The van der Waals surface area contributed by atoms with Gasteiger partial charge in [-0.2, -0.15) is 5.10 Å². The molecule has 132 valence electrons. The van der Waals surface area contributed by atoms with E-state index in [9.17, 15) is 14.4 Å². The molecule has 0 spiro atoms. The molecule has 1 aromatic carbocycles. The predicted molar refractivity (Wildman–Crippen MR) is 91.8 cm³/mol. The first-order chi connectivity index (χ1) is 12.0. The van der Waals surface area contributed by atoms with E-state index in [1.807, 2.05) is 0 Å². The van der Waals surface area contributed by atoms with Gasteiger partial charge in [-0.05, 0) is 31.9 Å². The molecule has 1 atom stereocenters. The number of ether oxygens (including phenoxy) is 1. The van der Waals surface area contributed by atoms with Crippen LogP contribution in [0.1, 0.15) is 43.0 Å². The Hall–Kier alpha value is -2.70. The number of ketones is 1. The maximum atomic E-state index is 12.7. The Kier molecular flexibility index (Phi) is 4.83. The quantitative estimate of drug-likeness (QED) is 0.499. The lowest BCUT2D eigenvalue weighted by Gasteiger charge is -2.29. The monoisotopic (exact) mass is 343 g/mol. The minimum absolute atomic E-state index is 0.0461. The number of hydrazone groups is 1. The van der Waals surface area contributed by atoms with Gasteiger partial charge in [-0.15, -0.1) is 0 Å². The maximum absolute atomic E-state index is 12.7. The SMILES string of the molecule is CCOC(=O)C1CC(C(=O)c2ccccc2N)=NN1C(=O)C1CCC1. The lowest BCUT2D eigenvalue weighted by molar-refractivity contribution is -0.156. The molecule has 1 amide bonds. The Bertz CT molecular complexity index is 740. The zero-order valence-electron chi connectivity index (χ0n) is 14.1. The Morgan fingerprint density at radius 3 is 2.60 bits per heavy atom. The fraction of sp³-hybridized carbons (Fsp3) is 0.444. The molecule has 1 aliphatic heterocycles. The number of nitrogens with zero attached hydrogens (tertiary/aromatic N) is 2. The predicted octanol–water partition coefficient (Wildman–Crippen LogP) is 1.77. The van der Waals surface area contributed by atoms with Crippen molar-refractivity contribution < 1.29 is 19.1 Å². The van der Waals surface area contributed by atoms with Crippen LogP contribution < -0.4 is 5.73 Å². The van der Waals surface area contributed by atoms with E-state index >= 15 is 0 Å². The number of hydrogen-bond acceptors (Lipinski definition) is 6. The Morgan fingerprint density at radius 1 is 1.28 bits per heavy atom. The van der Waals surface area contributed by atoms with Crippen molar-refractivity contribution in [2.45, 2.75) is 38.6 Å².